The Bertz CT molecular complexity index is 690. The second-order valence-corrected chi connectivity index (χ2v) is 4.86. The standard InChI is InChI=1S/C18H18N2O3/c1-22-9-10-23-17-4-2-3-16(11-17)18(21)20-13-15-7-5-14(12-19)6-8-15/h2-8,11H,9-10,13H2,1H3,(H,20,21). The maximum atomic E-state index is 12.2. The van der Waals surface area contributed by atoms with Crippen LogP contribution in [-0.4, -0.2) is 26.2 Å². The maximum absolute atomic E-state index is 12.2. The number of hydrogen-bond acceptors (Lipinski definition) is 4. The van der Waals surface area contributed by atoms with Crippen LogP contribution in [0, 0.1) is 11.3 Å². The number of hydrogen-bond donors (Lipinski definition) is 1. The zero-order chi connectivity index (χ0) is 16.5. The van der Waals surface area contributed by atoms with E-state index in [1.54, 1.807) is 43.5 Å². The van der Waals surface area contributed by atoms with Crippen molar-refractivity contribution < 1.29 is 14.3 Å². The van der Waals surface area contributed by atoms with Crippen LogP contribution in [0.25, 0.3) is 0 Å². The molecule has 0 fully saturated rings. The molecule has 0 aliphatic carbocycles. The minimum atomic E-state index is -0.174. The van der Waals surface area contributed by atoms with Crippen molar-refractivity contribution >= 4 is 5.91 Å². The SMILES string of the molecule is COCCOc1cccc(C(=O)NCc2ccc(C#N)cc2)c1. The number of amides is 1. The highest BCUT2D eigenvalue weighted by Gasteiger charge is 2.06. The van der Waals surface area contributed by atoms with E-state index in [4.69, 9.17) is 14.7 Å². The lowest BCUT2D eigenvalue weighted by atomic mass is 10.1. The lowest BCUT2D eigenvalue weighted by Crippen LogP contribution is -2.22. The topological polar surface area (TPSA) is 71.3 Å². The molecule has 0 saturated heterocycles. The minimum Gasteiger partial charge on any atom is -0.491 e. The molecule has 1 amide bonds. The van der Waals surface area contributed by atoms with E-state index in [0.29, 0.717) is 36.6 Å². The van der Waals surface area contributed by atoms with Gasteiger partial charge in [-0.15, -0.1) is 0 Å². The smallest absolute Gasteiger partial charge is 0.251 e. The highest BCUT2D eigenvalue weighted by atomic mass is 16.5. The van der Waals surface area contributed by atoms with Gasteiger partial charge >= 0.3 is 0 Å². The van der Waals surface area contributed by atoms with E-state index in [0.717, 1.165) is 5.56 Å². The maximum Gasteiger partial charge on any atom is 0.251 e. The van der Waals surface area contributed by atoms with Gasteiger partial charge < -0.3 is 14.8 Å². The van der Waals surface area contributed by atoms with Crippen LogP contribution in [0.2, 0.25) is 0 Å². The van der Waals surface area contributed by atoms with Crippen LogP contribution in [0.5, 0.6) is 5.75 Å². The molecule has 0 aliphatic rings. The minimum absolute atomic E-state index is 0.174. The van der Waals surface area contributed by atoms with E-state index in [2.05, 4.69) is 11.4 Å². The number of rotatable bonds is 7. The summed E-state index contributed by atoms with van der Waals surface area (Å²) in [5.41, 5.74) is 2.07. The molecular formula is C18H18N2O3. The molecule has 2 rings (SSSR count). The van der Waals surface area contributed by atoms with Crippen molar-refractivity contribution in [2.45, 2.75) is 6.54 Å². The van der Waals surface area contributed by atoms with Crippen molar-refractivity contribution in [2.75, 3.05) is 20.3 Å². The number of nitrogens with zero attached hydrogens (tertiary/aromatic N) is 1. The second kappa shape index (κ2) is 8.57. The molecule has 0 radical (unpaired) electrons. The number of carbonyl (C=O) groups excluding carboxylic acids is 1. The van der Waals surface area contributed by atoms with Crippen LogP contribution in [0.15, 0.2) is 48.5 Å². The molecule has 2 aromatic carbocycles. The van der Waals surface area contributed by atoms with Crippen LogP contribution >= 0.6 is 0 Å². The van der Waals surface area contributed by atoms with Gasteiger partial charge in [0.15, 0.2) is 0 Å². The van der Waals surface area contributed by atoms with Crippen molar-refractivity contribution in [3.05, 3.63) is 65.2 Å². The number of nitriles is 1. The van der Waals surface area contributed by atoms with Crippen LogP contribution in [-0.2, 0) is 11.3 Å². The largest absolute Gasteiger partial charge is 0.491 e. The predicted octanol–water partition coefficient (Wildman–Crippen LogP) is 2.51. The molecule has 0 saturated carbocycles. The van der Waals surface area contributed by atoms with Crippen molar-refractivity contribution in [1.29, 1.82) is 5.26 Å². The Morgan fingerprint density at radius 3 is 2.65 bits per heavy atom. The summed E-state index contributed by atoms with van der Waals surface area (Å²) in [6.45, 7) is 1.33. The molecule has 0 unspecified atom stereocenters. The summed E-state index contributed by atoms with van der Waals surface area (Å²) in [6, 6.07) is 16.2. The summed E-state index contributed by atoms with van der Waals surface area (Å²) in [5.74, 6) is 0.458. The number of benzene rings is 2. The molecule has 2 aromatic rings. The zero-order valence-electron chi connectivity index (χ0n) is 12.9. The lowest BCUT2D eigenvalue weighted by molar-refractivity contribution is 0.0950. The molecule has 0 aromatic heterocycles. The summed E-state index contributed by atoms with van der Waals surface area (Å²) in [7, 11) is 1.61. The molecule has 0 atom stereocenters. The summed E-state index contributed by atoms with van der Waals surface area (Å²) < 4.78 is 10.4. The third-order valence-electron chi connectivity index (χ3n) is 3.19. The molecule has 1 N–H and O–H groups in total. The van der Waals surface area contributed by atoms with Crippen LogP contribution in [0.1, 0.15) is 21.5 Å². The predicted molar refractivity (Wildman–Crippen MR) is 86.1 cm³/mol. The molecule has 0 spiro atoms. The van der Waals surface area contributed by atoms with Crippen molar-refractivity contribution in [3.8, 4) is 11.8 Å². The molecule has 118 valence electrons. The molecule has 0 heterocycles. The van der Waals surface area contributed by atoms with Gasteiger partial charge in [0, 0.05) is 19.2 Å². The molecular weight excluding hydrogens is 292 g/mol. The fourth-order valence-corrected chi connectivity index (χ4v) is 1.95. The molecule has 5 nitrogen and oxygen atoms in total. The van der Waals surface area contributed by atoms with E-state index in [1.807, 2.05) is 12.1 Å². The normalized spacial score (nSPS) is 9.91. The average molecular weight is 310 g/mol. The van der Waals surface area contributed by atoms with Crippen LogP contribution < -0.4 is 10.1 Å². The fourth-order valence-electron chi connectivity index (χ4n) is 1.95. The first-order valence-electron chi connectivity index (χ1n) is 7.22. The van der Waals surface area contributed by atoms with Crippen LogP contribution in [0.4, 0.5) is 0 Å². The van der Waals surface area contributed by atoms with E-state index in [1.165, 1.54) is 0 Å². The van der Waals surface area contributed by atoms with E-state index < -0.39 is 0 Å². The highest BCUT2D eigenvalue weighted by molar-refractivity contribution is 5.94. The fraction of sp³-hybridized carbons (Fsp3) is 0.222. The van der Waals surface area contributed by atoms with E-state index in [9.17, 15) is 4.79 Å². The Hall–Kier alpha value is -2.84. The second-order valence-electron chi connectivity index (χ2n) is 4.86. The molecule has 0 bridgehead atoms. The van der Waals surface area contributed by atoms with E-state index >= 15 is 0 Å². The molecule has 23 heavy (non-hydrogen) atoms. The lowest BCUT2D eigenvalue weighted by Gasteiger charge is -2.08. The Morgan fingerprint density at radius 2 is 1.96 bits per heavy atom. The highest BCUT2D eigenvalue weighted by Crippen LogP contribution is 2.13. The average Bonchev–Trinajstić information content (AvgIpc) is 2.60. The van der Waals surface area contributed by atoms with Gasteiger partial charge in [0.05, 0.1) is 18.2 Å². The summed E-state index contributed by atoms with van der Waals surface area (Å²) >= 11 is 0. The third-order valence-corrected chi connectivity index (χ3v) is 3.19. The Balaban J connectivity index is 1.92. The number of methoxy groups -OCH3 is 1. The quantitative estimate of drug-likeness (QED) is 0.798. The first kappa shape index (κ1) is 16.5. The van der Waals surface area contributed by atoms with Gasteiger partial charge in [0.2, 0.25) is 0 Å². The Kier molecular flexibility index (Phi) is 6.16. The number of ether oxygens (including phenoxy) is 2. The monoisotopic (exact) mass is 310 g/mol. The zero-order valence-corrected chi connectivity index (χ0v) is 12.9. The summed E-state index contributed by atoms with van der Waals surface area (Å²) in [6.07, 6.45) is 0. The Morgan fingerprint density at radius 1 is 1.17 bits per heavy atom. The van der Waals surface area contributed by atoms with Gasteiger partial charge in [-0.25, -0.2) is 0 Å². The molecule has 0 aliphatic heterocycles. The van der Waals surface area contributed by atoms with Gasteiger partial charge in [0.25, 0.3) is 5.91 Å². The van der Waals surface area contributed by atoms with Crippen molar-refractivity contribution in [1.82, 2.24) is 5.32 Å². The third kappa shape index (κ3) is 5.13. The van der Waals surface area contributed by atoms with Gasteiger partial charge in [-0.3, -0.25) is 4.79 Å². The van der Waals surface area contributed by atoms with E-state index in [-0.39, 0.29) is 5.91 Å². The first-order chi connectivity index (χ1) is 11.2. The van der Waals surface area contributed by atoms with Gasteiger partial charge in [0.1, 0.15) is 12.4 Å². The van der Waals surface area contributed by atoms with Crippen LogP contribution in [0.3, 0.4) is 0 Å². The van der Waals surface area contributed by atoms with Gasteiger partial charge in [-0.1, -0.05) is 18.2 Å². The Labute approximate surface area is 135 Å². The summed E-state index contributed by atoms with van der Waals surface area (Å²) in [5, 5.41) is 11.6. The first-order valence-corrected chi connectivity index (χ1v) is 7.22. The molecule has 5 heteroatoms. The van der Waals surface area contributed by atoms with Crippen molar-refractivity contribution in [3.63, 3.8) is 0 Å². The number of carbonyl (C=O) groups is 1. The van der Waals surface area contributed by atoms with Gasteiger partial charge in [-0.05, 0) is 35.9 Å². The van der Waals surface area contributed by atoms with Crippen molar-refractivity contribution in [2.24, 2.45) is 0 Å². The number of nitrogens with one attached hydrogen (secondary N) is 1. The summed E-state index contributed by atoms with van der Waals surface area (Å²) in [4.78, 5) is 12.2. The van der Waals surface area contributed by atoms with Gasteiger partial charge in [-0.2, -0.15) is 5.26 Å².